The molecule has 3 nitrogen and oxygen atoms in total. The lowest BCUT2D eigenvalue weighted by atomic mass is 9.85. The highest BCUT2D eigenvalue weighted by Gasteiger charge is 2.26. The standard InChI is InChI=1S/C15H24BrNO2S/c1-3-15(4-2,12-16)13-17-20(18,19)11-10-14-8-6-5-7-9-14/h5-9,17H,3-4,10-13H2,1-2H3. The number of hydrogen-bond donors (Lipinski definition) is 1. The molecule has 0 aliphatic rings. The Balaban J connectivity index is 2.53. The van der Waals surface area contributed by atoms with Crippen LogP contribution in [0.15, 0.2) is 30.3 Å². The lowest BCUT2D eigenvalue weighted by Crippen LogP contribution is -2.39. The molecule has 0 unspecified atom stereocenters. The molecule has 0 amide bonds. The van der Waals surface area contributed by atoms with Gasteiger partial charge >= 0.3 is 0 Å². The van der Waals surface area contributed by atoms with Crippen LogP contribution in [0, 0.1) is 5.41 Å². The maximum atomic E-state index is 12.1. The third kappa shape index (κ3) is 5.54. The van der Waals surface area contributed by atoms with Crippen molar-refractivity contribution in [1.82, 2.24) is 4.72 Å². The highest BCUT2D eigenvalue weighted by atomic mass is 79.9. The molecule has 0 aromatic heterocycles. The van der Waals surface area contributed by atoms with Crippen molar-refractivity contribution >= 4 is 26.0 Å². The highest BCUT2D eigenvalue weighted by Crippen LogP contribution is 2.27. The minimum atomic E-state index is -3.21. The number of hydrogen-bond acceptors (Lipinski definition) is 2. The average molecular weight is 362 g/mol. The number of benzene rings is 1. The van der Waals surface area contributed by atoms with Gasteiger partial charge in [-0.25, -0.2) is 13.1 Å². The van der Waals surface area contributed by atoms with Gasteiger partial charge in [-0.3, -0.25) is 0 Å². The van der Waals surface area contributed by atoms with Crippen molar-refractivity contribution in [3.63, 3.8) is 0 Å². The Kier molecular flexibility index (Phi) is 7.20. The van der Waals surface area contributed by atoms with Crippen molar-refractivity contribution in [2.45, 2.75) is 33.1 Å². The first-order valence-corrected chi connectivity index (χ1v) is 9.81. The molecule has 1 aromatic carbocycles. The first-order valence-electron chi connectivity index (χ1n) is 7.04. The Morgan fingerprint density at radius 1 is 1.15 bits per heavy atom. The molecule has 5 heteroatoms. The summed E-state index contributed by atoms with van der Waals surface area (Å²) < 4.78 is 26.9. The zero-order chi connectivity index (χ0) is 15.1. The molecule has 114 valence electrons. The van der Waals surface area contributed by atoms with Crippen LogP contribution >= 0.6 is 15.9 Å². The second kappa shape index (κ2) is 8.15. The van der Waals surface area contributed by atoms with Gasteiger partial charge in [0.2, 0.25) is 10.0 Å². The van der Waals surface area contributed by atoms with Crippen molar-refractivity contribution < 1.29 is 8.42 Å². The first-order chi connectivity index (χ1) is 9.47. The molecular weight excluding hydrogens is 338 g/mol. The maximum absolute atomic E-state index is 12.1. The largest absolute Gasteiger partial charge is 0.215 e. The molecule has 0 saturated heterocycles. The van der Waals surface area contributed by atoms with Crippen LogP contribution in [0.5, 0.6) is 0 Å². The third-order valence-electron chi connectivity index (χ3n) is 3.95. The number of aryl methyl sites for hydroxylation is 1. The zero-order valence-electron chi connectivity index (χ0n) is 12.2. The predicted octanol–water partition coefficient (Wildman–Crippen LogP) is 3.35. The second-order valence-corrected chi connectivity index (χ2v) is 7.70. The van der Waals surface area contributed by atoms with E-state index in [4.69, 9.17) is 0 Å². The molecule has 0 bridgehead atoms. The van der Waals surface area contributed by atoms with E-state index in [1.54, 1.807) is 0 Å². The van der Waals surface area contributed by atoms with E-state index in [0.717, 1.165) is 23.7 Å². The maximum Gasteiger partial charge on any atom is 0.211 e. The molecule has 0 saturated carbocycles. The molecule has 0 aliphatic heterocycles. The molecule has 0 aliphatic carbocycles. The highest BCUT2D eigenvalue weighted by molar-refractivity contribution is 9.09. The van der Waals surface area contributed by atoms with E-state index < -0.39 is 10.0 Å². The van der Waals surface area contributed by atoms with Gasteiger partial charge in [-0.05, 0) is 30.2 Å². The SMILES string of the molecule is CCC(CC)(CBr)CNS(=O)(=O)CCc1ccccc1. The smallest absolute Gasteiger partial charge is 0.211 e. The predicted molar refractivity (Wildman–Crippen MR) is 88.7 cm³/mol. The van der Waals surface area contributed by atoms with Crippen LogP contribution in [0.2, 0.25) is 0 Å². The van der Waals surface area contributed by atoms with Gasteiger partial charge in [0.05, 0.1) is 5.75 Å². The van der Waals surface area contributed by atoms with Crippen molar-refractivity contribution in [2.24, 2.45) is 5.41 Å². The fourth-order valence-electron chi connectivity index (χ4n) is 1.97. The third-order valence-corrected chi connectivity index (χ3v) is 6.47. The summed E-state index contributed by atoms with van der Waals surface area (Å²) >= 11 is 3.50. The van der Waals surface area contributed by atoms with Gasteiger partial charge in [-0.1, -0.05) is 60.1 Å². The fourth-order valence-corrected chi connectivity index (χ4v) is 4.13. The molecule has 0 fully saturated rings. The number of alkyl halides is 1. The van der Waals surface area contributed by atoms with Gasteiger partial charge < -0.3 is 0 Å². The van der Waals surface area contributed by atoms with Crippen LogP contribution in [0.1, 0.15) is 32.3 Å². The number of halogens is 1. The molecule has 1 N–H and O–H groups in total. The molecule has 20 heavy (non-hydrogen) atoms. The number of nitrogens with one attached hydrogen (secondary N) is 1. The van der Waals surface area contributed by atoms with Crippen LogP contribution in [-0.2, 0) is 16.4 Å². The molecule has 0 heterocycles. The van der Waals surface area contributed by atoms with Crippen molar-refractivity contribution in [2.75, 3.05) is 17.6 Å². The molecule has 0 radical (unpaired) electrons. The lowest BCUT2D eigenvalue weighted by molar-refractivity contribution is 0.309. The van der Waals surface area contributed by atoms with Gasteiger partial charge in [-0.2, -0.15) is 0 Å². The van der Waals surface area contributed by atoms with Gasteiger partial charge in [0.25, 0.3) is 0 Å². The summed E-state index contributed by atoms with van der Waals surface area (Å²) in [6.45, 7) is 4.70. The Hall–Kier alpha value is -0.390. The van der Waals surface area contributed by atoms with Gasteiger partial charge in [-0.15, -0.1) is 0 Å². The molecular formula is C15H24BrNO2S. The van der Waals surface area contributed by atoms with Crippen LogP contribution in [0.3, 0.4) is 0 Å². The summed E-state index contributed by atoms with van der Waals surface area (Å²) in [6, 6.07) is 9.70. The van der Waals surface area contributed by atoms with E-state index >= 15 is 0 Å². The minimum absolute atomic E-state index is 0.0137. The van der Waals surface area contributed by atoms with E-state index in [0.29, 0.717) is 13.0 Å². The molecule has 1 rings (SSSR count). The Labute approximate surface area is 131 Å². The average Bonchev–Trinajstić information content (AvgIpc) is 2.48. The molecule has 0 spiro atoms. The molecule has 1 aromatic rings. The topological polar surface area (TPSA) is 46.2 Å². The van der Waals surface area contributed by atoms with Crippen LogP contribution in [0.4, 0.5) is 0 Å². The lowest BCUT2D eigenvalue weighted by Gasteiger charge is -2.29. The van der Waals surface area contributed by atoms with Crippen LogP contribution < -0.4 is 4.72 Å². The normalized spacial score (nSPS) is 12.6. The van der Waals surface area contributed by atoms with Gasteiger partial charge in [0, 0.05) is 11.9 Å². The minimum Gasteiger partial charge on any atom is -0.215 e. The van der Waals surface area contributed by atoms with Gasteiger partial charge in [0.1, 0.15) is 0 Å². The Morgan fingerprint density at radius 2 is 1.75 bits per heavy atom. The zero-order valence-corrected chi connectivity index (χ0v) is 14.6. The second-order valence-electron chi connectivity index (χ2n) is 5.22. The van der Waals surface area contributed by atoms with E-state index in [9.17, 15) is 8.42 Å². The summed E-state index contributed by atoms with van der Waals surface area (Å²) in [4.78, 5) is 0. The summed E-state index contributed by atoms with van der Waals surface area (Å²) in [5.74, 6) is 0.142. The van der Waals surface area contributed by atoms with Crippen molar-refractivity contribution in [3.8, 4) is 0 Å². The molecule has 0 atom stereocenters. The Bertz CT molecular complexity index is 476. The van der Waals surface area contributed by atoms with Crippen LogP contribution in [-0.4, -0.2) is 26.0 Å². The van der Waals surface area contributed by atoms with Crippen molar-refractivity contribution in [1.29, 1.82) is 0 Å². The first kappa shape index (κ1) is 17.7. The van der Waals surface area contributed by atoms with Crippen LogP contribution in [0.25, 0.3) is 0 Å². The van der Waals surface area contributed by atoms with Gasteiger partial charge in [0.15, 0.2) is 0 Å². The monoisotopic (exact) mass is 361 g/mol. The summed E-state index contributed by atoms with van der Waals surface area (Å²) in [5.41, 5.74) is 1.07. The van der Waals surface area contributed by atoms with E-state index in [-0.39, 0.29) is 11.2 Å². The number of rotatable bonds is 9. The summed E-state index contributed by atoms with van der Waals surface area (Å²) in [6.07, 6.45) is 2.46. The summed E-state index contributed by atoms with van der Waals surface area (Å²) in [7, 11) is -3.21. The number of sulfonamides is 1. The van der Waals surface area contributed by atoms with E-state index in [1.807, 2.05) is 30.3 Å². The van der Waals surface area contributed by atoms with E-state index in [1.165, 1.54) is 0 Å². The van der Waals surface area contributed by atoms with Crippen molar-refractivity contribution in [3.05, 3.63) is 35.9 Å². The van der Waals surface area contributed by atoms with E-state index in [2.05, 4.69) is 34.5 Å². The fraction of sp³-hybridized carbons (Fsp3) is 0.600. The quantitative estimate of drug-likeness (QED) is 0.685. The summed E-state index contributed by atoms with van der Waals surface area (Å²) in [5, 5.41) is 0.814. The Morgan fingerprint density at radius 3 is 2.25 bits per heavy atom.